The Hall–Kier alpha value is -2.82. The lowest BCUT2D eigenvalue weighted by molar-refractivity contribution is 0.304. The van der Waals surface area contributed by atoms with Crippen LogP contribution in [0.15, 0.2) is 53.1 Å². The summed E-state index contributed by atoms with van der Waals surface area (Å²) >= 11 is 0. The van der Waals surface area contributed by atoms with Crippen molar-refractivity contribution in [2.45, 2.75) is 58.8 Å². The summed E-state index contributed by atoms with van der Waals surface area (Å²) in [6.45, 7) is 5.87. The Morgan fingerprint density at radius 2 is 1.23 bits per heavy atom. The van der Waals surface area contributed by atoms with Gasteiger partial charge >= 0.3 is 0 Å². The summed E-state index contributed by atoms with van der Waals surface area (Å²) in [5.41, 5.74) is 1.78. The number of aromatic nitrogens is 2. The third-order valence-corrected chi connectivity index (χ3v) is 4.92. The minimum absolute atomic E-state index is 0.498. The maximum Gasteiger partial charge on any atom is 0.258 e. The Morgan fingerprint density at radius 3 is 1.87 bits per heavy atom. The zero-order chi connectivity index (χ0) is 21.0. The molecule has 1 aromatic heterocycles. The first-order valence-electron chi connectivity index (χ1n) is 11.1. The molecule has 0 amide bonds. The van der Waals surface area contributed by atoms with Gasteiger partial charge in [-0.05, 0) is 61.4 Å². The molecule has 0 saturated heterocycles. The van der Waals surface area contributed by atoms with Gasteiger partial charge in [0.05, 0.1) is 13.2 Å². The summed E-state index contributed by atoms with van der Waals surface area (Å²) in [6, 6.07) is 15.6. The second-order valence-electron chi connectivity index (χ2n) is 7.44. The van der Waals surface area contributed by atoms with Gasteiger partial charge in [0.15, 0.2) is 0 Å². The molecule has 3 aromatic rings. The van der Waals surface area contributed by atoms with Gasteiger partial charge in [0, 0.05) is 11.1 Å². The number of unbranched alkanes of at least 4 members (excludes halogenated alkanes) is 5. The standard InChI is InChI=1S/C25H32N2O3/c1-3-5-7-8-9-19-29-22-14-10-20(11-15-22)24-26-25(30-27-24)21-12-16-23(17-13-21)28-18-6-4-2/h10-17H,3-9,18-19H2,1-2H3. The molecule has 3 rings (SSSR count). The van der Waals surface area contributed by atoms with E-state index in [1.54, 1.807) is 0 Å². The zero-order valence-electron chi connectivity index (χ0n) is 18.1. The maximum absolute atomic E-state index is 5.82. The molecule has 5 heteroatoms. The molecular weight excluding hydrogens is 376 g/mol. The van der Waals surface area contributed by atoms with Gasteiger partial charge in [-0.15, -0.1) is 0 Å². The molecule has 1 heterocycles. The van der Waals surface area contributed by atoms with Gasteiger partial charge in [-0.1, -0.05) is 51.1 Å². The number of benzene rings is 2. The average Bonchev–Trinajstić information content (AvgIpc) is 3.27. The predicted molar refractivity (Wildman–Crippen MR) is 120 cm³/mol. The fourth-order valence-electron chi connectivity index (χ4n) is 3.08. The summed E-state index contributed by atoms with van der Waals surface area (Å²) in [7, 11) is 0. The van der Waals surface area contributed by atoms with Gasteiger partial charge in [0.1, 0.15) is 11.5 Å². The quantitative estimate of drug-likeness (QED) is 0.287. The highest BCUT2D eigenvalue weighted by molar-refractivity contribution is 5.60. The second kappa shape index (κ2) is 12.0. The number of ether oxygens (including phenoxy) is 2. The summed E-state index contributed by atoms with van der Waals surface area (Å²) in [6.07, 6.45) is 8.35. The molecule has 0 bridgehead atoms. The van der Waals surface area contributed by atoms with Crippen LogP contribution in [0.5, 0.6) is 11.5 Å². The molecular formula is C25H32N2O3. The van der Waals surface area contributed by atoms with Crippen molar-refractivity contribution in [1.29, 1.82) is 0 Å². The van der Waals surface area contributed by atoms with E-state index in [2.05, 4.69) is 24.0 Å². The van der Waals surface area contributed by atoms with Crippen LogP contribution >= 0.6 is 0 Å². The predicted octanol–water partition coefficient (Wildman–Crippen LogP) is 6.93. The third-order valence-electron chi connectivity index (χ3n) is 4.92. The van der Waals surface area contributed by atoms with Crippen LogP contribution in [-0.2, 0) is 0 Å². The van der Waals surface area contributed by atoms with Gasteiger partial charge in [0.2, 0.25) is 5.82 Å². The molecule has 0 spiro atoms. The van der Waals surface area contributed by atoms with E-state index >= 15 is 0 Å². The first kappa shape index (κ1) is 21.9. The molecule has 0 N–H and O–H groups in total. The Labute approximate surface area is 179 Å². The van der Waals surface area contributed by atoms with Crippen molar-refractivity contribution >= 4 is 0 Å². The van der Waals surface area contributed by atoms with Crippen molar-refractivity contribution in [3.8, 4) is 34.3 Å². The zero-order valence-corrected chi connectivity index (χ0v) is 18.1. The lowest BCUT2D eigenvalue weighted by atomic mass is 10.2. The van der Waals surface area contributed by atoms with E-state index in [0.717, 1.165) is 55.1 Å². The van der Waals surface area contributed by atoms with Crippen LogP contribution < -0.4 is 9.47 Å². The Kier molecular flexibility index (Phi) is 8.76. The molecule has 0 fully saturated rings. The van der Waals surface area contributed by atoms with E-state index < -0.39 is 0 Å². The van der Waals surface area contributed by atoms with Crippen LogP contribution in [0.1, 0.15) is 58.8 Å². The molecule has 160 valence electrons. The molecule has 0 saturated carbocycles. The van der Waals surface area contributed by atoms with Gasteiger partial charge in [-0.2, -0.15) is 4.98 Å². The summed E-state index contributed by atoms with van der Waals surface area (Å²) in [5.74, 6) is 2.79. The van der Waals surface area contributed by atoms with Crippen LogP contribution in [0.2, 0.25) is 0 Å². The monoisotopic (exact) mass is 408 g/mol. The Bertz CT molecular complexity index is 857. The third kappa shape index (κ3) is 6.61. The first-order valence-corrected chi connectivity index (χ1v) is 11.1. The van der Waals surface area contributed by atoms with E-state index in [-0.39, 0.29) is 0 Å². The van der Waals surface area contributed by atoms with Gasteiger partial charge < -0.3 is 14.0 Å². The fraction of sp³-hybridized carbons (Fsp3) is 0.440. The number of nitrogens with zero attached hydrogens (tertiary/aromatic N) is 2. The smallest absolute Gasteiger partial charge is 0.258 e. The average molecular weight is 409 g/mol. The lowest BCUT2D eigenvalue weighted by Crippen LogP contribution is -1.97. The molecule has 0 aliphatic heterocycles. The van der Waals surface area contributed by atoms with E-state index in [0.29, 0.717) is 11.7 Å². The summed E-state index contributed by atoms with van der Waals surface area (Å²) < 4.78 is 17.0. The topological polar surface area (TPSA) is 57.4 Å². The Morgan fingerprint density at radius 1 is 0.667 bits per heavy atom. The molecule has 0 aliphatic carbocycles. The SMILES string of the molecule is CCCCCCCOc1ccc(-c2noc(-c3ccc(OCCCC)cc3)n2)cc1. The van der Waals surface area contributed by atoms with Crippen molar-refractivity contribution in [3.05, 3.63) is 48.5 Å². The number of hydrogen-bond donors (Lipinski definition) is 0. The normalized spacial score (nSPS) is 10.9. The minimum atomic E-state index is 0.498. The van der Waals surface area contributed by atoms with E-state index in [1.807, 2.05) is 48.5 Å². The van der Waals surface area contributed by atoms with Gasteiger partial charge in [-0.3, -0.25) is 0 Å². The molecule has 5 nitrogen and oxygen atoms in total. The first-order chi connectivity index (χ1) is 14.8. The van der Waals surface area contributed by atoms with Crippen LogP contribution in [0, 0.1) is 0 Å². The number of rotatable bonds is 13. The highest BCUT2D eigenvalue weighted by Gasteiger charge is 2.11. The molecule has 2 aromatic carbocycles. The van der Waals surface area contributed by atoms with Crippen LogP contribution in [0.4, 0.5) is 0 Å². The van der Waals surface area contributed by atoms with Crippen LogP contribution in [0.25, 0.3) is 22.8 Å². The molecule has 0 radical (unpaired) electrons. The van der Waals surface area contributed by atoms with Crippen molar-refractivity contribution in [3.63, 3.8) is 0 Å². The van der Waals surface area contributed by atoms with Crippen molar-refractivity contribution in [2.24, 2.45) is 0 Å². The molecule has 0 atom stereocenters. The summed E-state index contributed by atoms with van der Waals surface area (Å²) in [5, 5.41) is 4.12. The van der Waals surface area contributed by atoms with Gasteiger partial charge in [-0.25, -0.2) is 0 Å². The summed E-state index contributed by atoms with van der Waals surface area (Å²) in [4.78, 5) is 4.53. The maximum atomic E-state index is 5.82. The lowest BCUT2D eigenvalue weighted by Gasteiger charge is -2.06. The van der Waals surface area contributed by atoms with E-state index in [9.17, 15) is 0 Å². The Balaban J connectivity index is 1.53. The van der Waals surface area contributed by atoms with E-state index in [1.165, 1.54) is 25.7 Å². The molecule has 0 aliphatic rings. The van der Waals surface area contributed by atoms with Gasteiger partial charge in [0.25, 0.3) is 5.89 Å². The highest BCUT2D eigenvalue weighted by Crippen LogP contribution is 2.25. The molecule has 0 unspecified atom stereocenters. The number of hydrogen-bond acceptors (Lipinski definition) is 5. The van der Waals surface area contributed by atoms with Crippen molar-refractivity contribution < 1.29 is 14.0 Å². The van der Waals surface area contributed by atoms with Crippen LogP contribution in [0.3, 0.4) is 0 Å². The fourth-order valence-corrected chi connectivity index (χ4v) is 3.08. The highest BCUT2D eigenvalue weighted by atomic mass is 16.5. The van der Waals surface area contributed by atoms with E-state index in [4.69, 9.17) is 14.0 Å². The molecule has 30 heavy (non-hydrogen) atoms. The van der Waals surface area contributed by atoms with Crippen molar-refractivity contribution in [2.75, 3.05) is 13.2 Å². The largest absolute Gasteiger partial charge is 0.494 e. The van der Waals surface area contributed by atoms with Crippen LogP contribution in [-0.4, -0.2) is 23.4 Å². The second-order valence-corrected chi connectivity index (χ2v) is 7.44. The minimum Gasteiger partial charge on any atom is -0.494 e. The van der Waals surface area contributed by atoms with Crippen molar-refractivity contribution in [1.82, 2.24) is 10.1 Å².